The Balaban J connectivity index is 0. The van der Waals surface area contributed by atoms with Crippen molar-refractivity contribution in [2.75, 3.05) is 5.32 Å². The molecule has 1 amide bonds. The van der Waals surface area contributed by atoms with Crippen LogP contribution in [-0.2, 0) is 4.79 Å². The Hall–Kier alpha value is -1.31. The van der Waals surface area contributed by atoms with Crippen LogP contribution in [0.1, 0.15) is 84.8 Å². The molecule has 1 N–H and O–H groups in total. The van der Waals surface area contributed by atoms with Gasteiger partial charge in [-0.3, -0.25) is 4.79 Å². The molecule has 0 aliphatic carbocycles. The van der Waals surface area contributed by atoms with Gasteiger partial charge in [0, 0.05) is 12.1 Å². The average Bonchev–Trinajstić information content (AvgIpc) is 2.49. The highest BCUT2D eigenvalue weighted by Crippen LogP contribution is 2.27. The highest BCUT2D eigenvalue weighted by atomic mass is 16.1. The van der Waals surface area contributed by atoms with Gasteiger partial charge in [-0.05, 0) is 30.0 Å². The zero-order valence-electron chi connectivity index (χ0n) is 15.3. The van der Waals surface area contributed by atoms with E-state index in [4.69, 9.17) is 0 Å². The Kier molecular flexibility index (Phi) is 14.3. The lowest BCUT2D eigenvalue weighted by molar-refractivity contribution is -0.115. The molecule has 0 heterocycles. The molecule has 0 saturated carbocycles. The molecule has 0 radical (unpaired) electrons. The minimum absolute atomic E-state index is 0.0718. The van der Waals surface area contributed by atoms with Gasteiger partial charge in [-0.25, -0.2) is 0 Å². The Morgan fingerprint density at radius 2 is 1.62 bits per heavy atom. The van der Waals surface area contributed by atoms with Gasteiger partial charge in [0.2, 0.25) is 5.91 Å². The van der Waals surface area contributed by atoms with Gasteiger partial charge in [0.1, 0.15) is 0 Å². The van der Waals surface area contributed by atoms with Gasteiger partial charge < -0.3 is 5.32 Å². The summed E-state index contributed by atoms with van der Waals surface area (Å²) in [7, 11) is 0. The van der Waals surface area contributed by atoms with Crippen molar-refractivity contribution in [2.24, 2.45) is 0 Å². The molecule has 2 nitrogen and oxygen atoms in total. The summed E-state index contributed by atoms with van der Waals surface area (Å²) < 4.78 is 0. The Bertz CT molecular complexity index is 381. The van der Waals surface area contributed by atoms with Crippen LogP contribution in [0.3, 0.4) is 0 Å². The summed E-state index contributed by atoms with van der Waals surface area (Å²) in [5.74, 6) is 0.501. The van der Waals surface area contributed by atoms with Crippen LogP contribution in [0.4, 0.5) is 5.69 Å². The number of carbonyl (C=O) groups excluding carboxylic acids is 1. The molecule has 0 aliphatic heterocycles. The van der Waals surface area contributed by atoms with Gasteiger partial charge in [0.15, 0.2) is 0 Å². The summed E-state index contributed by atoms with van der Waals surface area (Å²) in [6.07, 6.45) is 3.16. The molecule has 1 aromatic rings. The molecule has 0 aromatic heterocycles. The van der Waals surface area contributed by atoms with E-state index in [1.807, 2.05) is 32.9 Å². The van der Waals surface area contributed by atoms with Crippen molar-refractivity contribution < 1.29 is 4.79 Å². The largest absolute Gasteiger partial charge is 0.326 e. The van der Waals surface area contributed by atoms with Gasteiger partial charge in [-0.1, -0.05) is 73.4 Å². The zero-order valence-corrected chi connectivity index (χ0v) is 15.3. The number of hydrogen-bond acceptors (Lipinski definition) is 1. The Morgan fingerprint density at radius 1 is 1.10 bits per heavy atom. The number of unbranched alkanes of at least 4 members (excludes halogenated alkanes) is 1. The first-order valence-corrected chi connectivity index (χ1v) is 8.37. The zero-order chi connectivity index (χ0) is 16.8. The lowest BCUT2D eigenvalue weighted by Crippen LogP contribution is -2.12. The smallest absolute Gasteiger partial charge is 0.224 e. The quantitative estimate of drug-likeness (QED) is 0.693. The summed E-state index contributed by atoms with van der Waals surface area (Å²) in [6, 6.07) is 6.03. The van der Waals surface area contributed by atoms with E-state index in [0.29, 0.717) is 12.3 Å². The van der Waals surface area contributed by atoms with E-state index in [9.17, 15) is 4.79 Å². The third-order valence-electron chi connectivity index (χ3n) is 3.00. The first kappa shape index (κ1) is 22.0. The van der Waals surface area contributed by atoms with E-state index in [1.54, 1.807) is 0 Å². The Labute approximate surface area is 132 Å². The molecule has 0 atom stereocenters. The highest BCUT2D eigenvalue weighted by molar-refractivity contribution is 5.91. The summed E-state index contributed by atoms with van der Waals surface area (Å²) in [4.78, 5) is 11.4. The maximum atomic E-state index is 11.4. The van der Waals surface area contributed by atoms with E-state index in [2.05, 4.69) is 46.0 Å². The van der Waals surface area contributed by atoms with Gasteiger partial charge in [-0.15, -0.1) is 0 Å². The van der Waals surface area contributed by atoms with Gasteiger partial charge in [-0.2, -0.15) is 0 Å². The molecule has 21 heavy (non-hydrogen) atoms. The molecule has 1 aromatic carbocycles. The second-order valence-electron chi connectivity index (χ2n) is 5.09. The average molecular weight is 293 g/mol. The first-order chi connectivity index (χ1) is 9.97. The number of hydrogen-bond donors (Lipinski definition) is 1. The van der Waals surface area contributed by atoms with E-state index in [-0.39, 0.29) is 5.91 Å². The monoisotopic (exact) mass is 293 g/mol. The maximum absolute atomic E-state index is 11.4. The van der Waals surface area contributed by atoms with E-state index < -0.39 is 0 Å². The topological polar surface area (TPSA) is 29.1 Å². The molecule has 0 unspecified atom stereocenters. The second-order valence-corrected chi connectivity index (χ2v) is 5.09. The summed E-state index contributed by atoms with van der Waals surface area (Å²) >= 11 is 0. The van der Waals surface area contributed by atoms with Crippen molar-refractivity contribution in [3.8, 4) is 0 Å². The van der Waals surface area contributed by atoms with Gasteiger partial charge in [0.05, 0.1) is 0 Å². The van der Waals surface area contributed by atoms with E-state index in [1.165, 1.54) is 24.0 Å². The fourth-order valence-corrected chi connectivity index (χ4v) is 1.79. The first-order valence-electron chi connectivity index (χ1n) is 8.37. The number of carbonyl (C=O) groups is 1. The molecule has 0 bridgehead atoms. The van der Waals surface area contributed by atoms with Gasteiger partial charge >= 0.3 is 0 Å². The van der Waals surface area contributed by atoms with Crippen LogP contribution < -0.4 is 5.32 Å². The lowest BCUT2D eigenvalue weighted by Gasteiger charge is -2.16. The summed E-state index contributed by atoms with van der Waals surface area (Å²) in [5, 5.41) is 2.94. The Morgan fingerprint density at radius 3 is 2.00 bits per heavy atom. The molecule has 122 valence electrons. The van der Waals surface area contributed by atoms with Crippen molar-refractivity contribution in [3.05, 3.63) is 29.3 Å². The van der Waals surface area contributed by atoms with Crippen molar-refractivity contribution in [1.82, 2.24) is 0 Å². The van der Waals surface area contributed by atoms with Crippen LogP contribution in [-0.4, -0.2) is 5.91 Å². The molecule has 1 rings (SSSR count). The van der Waals surface area contributed by atoms with Crippen molar-refractivity contribution in [2.45, 2.75) is 80.6 Å². The maximum Gasteiger partial charge on any atom is 0.224 e. The molecule has 2 heteroatoms. The fraction of sp³-hybridized carbons (Fsp3) is 0.632. The molecule has 0 saturated heterocycles. The minimum Gasteiger partial charge on any atom is -0.326 e. The molecular formula is C19H35NO. The SMILES string of the molecule is CC.CCC(=O)Nc1cccc(C)c1C(C)C.CCCC. The molecule has 0 fully saturated rings. The number of benzene rings is 1. The third-order valence-corrected chi connectivity index (χ3v) is 3.00. The lowest BCUT2D eigenvalue weighted by atomic mass is 9.96. The van der Waals surface area contributed by atoms with Crippen LogP contribution in [0.15, 0.2) is 18.2 Å². The third kappa shape index (κ3) is 9.28. The number of aryl methyl sites for hydroxylation is 1. The van der Waals surface area contributed by atoms with Crippen LogP contribution in [0, 0.1) is 6.92 Å². The number of nitrogens with one attached hydrogen (secondary N) is 1. The minimum atomic E-state index is 0.0718. The number of amides is 1. The van der Waals surface area contributed by atoms with Crippen LogP contribution >= 0.6 is 0 Å². The fourth-order valence-electron chi connectivity index (χ4n) is 1.79. The van der Waals surface area contributed by atoms with E-state index >= 15 is 0 Å². The van der Waals surface area contributed by atoms with E-state index in [0.717, 1.165) is 5.69 Å². The number of rotatable bonds is 4. The standard InChI is InChI=1S/C13H19NO.C4H10.C2H6/c1-5-12(15)14-11-8-6-7-10(4)13(11)9(2)3;1-3-4-2;1-2/h6-9H,5H2,1-4H3,(H,14,15);3-4H2,1-2H3;1-2H3. The second kappa shape index (κ2) is 13.7. The molecule has 0 aliphatic rings. The predicted molar refractivity (Wildman–Crippen MR) is 96.1 cm³/mol. The highest BCUT2D eigenvalue weighted by Gasteiger charge is 2.10. The van der Waals surface area contributed by atoms with Crippen molar-refractivity contribution >= 4 is 11.6 Å². The van der Waals surface area contributed by atoms with Crippen LogP contribution in [0.25, 0.3) is 0 Å². The summed E-state index contributed by atoms with van der Waals surface area (Å²) in [5.41, 5.74) is 3.43. The van der Waals surface area contributed by atoms with Crippen molar-refractivity contribution in [1.29, 1.82) is 0 Å². The predicted octanol–water partition coefficient (Wildman–Crippen LogP) is 6.30. The van der Waals surface area contributed by atoms with Crippen molar-refractivity contribution in [3.63, 3.8) is 0 Å². The van der Waals surface area contributed by atoms with Crippen LogP contribution in [0.2, 0.25) is 0 Å². The number of anilines is 1. The molecular weight excluding hydrogens is 258 g/mol. The van der Waals surface area contributed by atoms with Gasteiger partial charge in [0.25, 0.3) is 0 Å². The van der Waals surface area contributed by atoms with Crippen LogP contribution in [0.5, 0.6) is 0 Å². The molecule has 0 spiro atoms. The normalized spacial score (nSPS) is 9.19. The summed E-state index contributed by atoms with van der Waals surface area (Å²) in [6.45, 7) is 16.6.